The summed E-state index contributed by atoms with van der Waals surface area (Å²) in [5, 5.41) is 1.10. The Hall–Kier alpha value is -1.20. The van der Waals surface area contributed by atoms with E-state index >= 15 is 0 Å². The van der Waals surface area contributed by atoms with E-state index in [4.69, 9.17) is 10.5 Å². The zero-order chi connectivity index (χ0) is 12.3. The van der Waals surface area contributed by atoms with Gasteiger partial charge in [0.15, 0.2) is 0 Å². The molecular formula is C12H14N2OS2. The number of benzene rings is 1. The summed E-state index contributed by atoms with van der Waals surface area (Å²) in [7, 11) is 1.66. The molecule has 0 aliphatic heterocycles. The van der Waals surface area contributed by atoms with Crippen molar-refractivity contribution in [2.24, 2.45) is 0 Å². The van der Waals surface area contributed by atoms with E-state index in [-0.39, 0.29) is 0 Å². The summed E-state index contributed by atoms with van der Waals surface area (Å²) >= 11 is 3.46. The molecule has 3 nitrogen and oxygen atoms in total. The summed E-state index contributed by atoms with van der Waals surface area (Å²) < 4.78 is 5.31. The van der Waals surface area contributed by atoms with Crippen LogP contribution in [0.2, 0.25) is 0 Å². The van der Waals surface area contributed by atoms with Crippen LogP contribution in [0.1, 0.15) is 9.88 Å². The predicted octanol–water partition coefficient (Wildman–Crippen LogP) is 3.33. The summed E-state index contributed by atoms with van der Waals surface area (Å²) in [5.41, 5.74) is 6.44. The molecule has 0 fully saturated rings. The van der Waals surface area contributed by atoms with Gasteiger partial charge in [0.1, 0.15) is 5.75 Å². The summed E-state index contributed by atoms with van der Waals surface area (Å²) in [6, 6.07) is 5.73. The maximum absolute atomic E-state index is 5.72. The maximum atomic E-state index is 5.72. The van der Waals surface area contributed by atoms with Gasteiger partial charge in [-0.15, -0.1) is 23.1 Å². The van der Waals surface area contributed by atoms with Crippen molar-refractivity contribution in [1.29, 1.82) is 0 Å². The first kappa shape index (κ1) is 12.3. The Morgan fingerprint density at radius 3 is 2.94 bits per heavy atom. The minimum Gasteiger partial charge on any atom is -0.496 e. The average Bonchev–Trinajstić information content (AvgIpc) is 2.73. The topological polar surface area (TPSA) is 48.1 Å². The van der Waals surface area contributed by atoms with Crippen LogP contribution in [-0.2, 0) is 5.75 Å². The number of thioether (sulfide) groups is 1. The number of aryl methyl sites for hydroxylation is 1. The van der Waals surface area contributed by atoms with E-state index in [9.17, 15) is 0 Å². The number of nitrogen functional groups attached to an aromatic ring is 1. The molecule has 0 spiro atoms. The van der Waals surface area contributed by atoms with Crippen LogP contribution in [0.15, 0.2) is 29.3 Å². The molecule has 1 heterocycles. The van der Waals surface area contributed by atoms with Gasteiger partial charge >= 0.3 is 0 Å². The van der Waals surface area contributed by atoms with Gasteiger partial charge < -0.3 is 10.5 Å². The van der Waals surface area contributed by atoms with E-state index in [0.717, 1.165) is 27.1 Å². The number of hydrogen-bond acceptors (Lipinski definition) is 5. The minimum absolute atomic E-state index is 0.722. The van der Waals surface area contributed by atoms with Crippen LogP contribution in [0, 0.1) is 6.92 Å². The van der Waals surface area contributed by atoms with E-state index in [0.29, 0.717) is 0 Å². The van der Waals surface area contributed by atoms with Gasteiger partial charge in [-0.3, -0.25) is 0 Å². The summed E-state index contributed by atoms with van der Waals surface area (Å²) in [6.07, 6.45) is 1.93. The molecule has 0 saturated heterocycles. The van der Waals surface area contributed by atoms with Gasteiger partial charge in [-0.05, 0) is 19.1 Å². The second kappa shape index (κ2) is 5.42. The number of anilines is 1. The zero-order valence-corrected chi connectivity index (χ0v) is 11.4. The van der Waals surface area contributed by atoms with Crippen molar-refractivity contribution in [3.05, 3.63) is 34.3 Å². The molecule has 0 amide bonds. The first-order valence-corrected chi connectivity index (χ1v) is 6.97. The fraction of sp³-hybridized carbons (Fsp3) is 0.250. The number of hydrogen-bond donors (Lipinski definition) is 1. The molecular weight excluding hydrogens is 252 g/mol. The lowest BCUT2D eigenvalue weighted by molar-refractivity contribution is 0.405. The molecule has 0 atom stereocenters. The lowest BCUT2D eigenvalue weighted by atomic mass is 10.3. The van der Waals surface area contributed by atoms with Gasteiger partial charge in [-0.25, -0.2) is 4.98 Å². The summed E-state index contributed by atoms with van der Waals surface area (Å²) in [6.45, 7) is 2.02. The number of aromatic nitrogens is 1. The number of thiazole rings is 1. The van der Waals surface area contributed by atoms with Crippen molar-refractivity contribution in [3.63, 3.8) is 0 Å². The third-order valence-corrected chi connectivity index (χ3v) is 4.43. The first-order chi connectivity index (χ1) is 8.19. The molecule has 1 aromatic heterocycles. The SMILES string of the molecule is COc1cc(N)ccc1SCc1cnc(C)s1. The van der Waals surface area contributed by atoms with Crippen molar-refractivity contribution in [2.45, 2.75) is 17.6 Å². The quantitative estimate of drug-likeness (QED) is 0.681. The standard InChI is InChI=1S/C12H14N2OS2/c1-8-14-6-10(17-8)7-16-12-4-3-9(13)5-11(12)15-2/h3-6H,7,13H2,1-2H3. The fourth-order valence-corrected chi connectivity index (χ4v) is 3.25. The second-order valence-electron chi connectivity index (χ2n) is 3.54. The van der Waals surface area contributed by atoms with Gasteiger partial charge in [0.05, 0.1) is 12.1 Å². The average molecular weight is 266 g/mol. The number of ether oxygens (including phenoxy) is 1. The van der Waals surface area contributed by atoms with Gasteiger partial charge in [-0.2, -0.15) is 0 Å². The highest BCUT2D eigenvalue weighted by molar-refractivity contribution is 7.98. The Morgan fingerprint density at radius 2 is 2.29 bits per heavy atom. The van der Waals surface area contributed by atoms with Gasteiger partial charge in [-0.1, -0.05) is 0 Å². The van der Waals surface area contributed by atoms with Crippen LogP contribution in [0.25, 0.3) is 0 Å². The van der Waals surface area contributed by atoms with Crippen LogP contribution < -0.4 is 10.5 Å². The molecule has 2 aromatic rings. The van der Waals surface area contributed by atoms with E-state index in [1.807, 2.05) is 31.3 Å². The van der Waals surface area contributed by atoms with E-state index in [2.05, 4.69) is 4.98 Å². The molecule has 0 aliphatic carbocycles. The number of nitrogens with two attached hydrogens (primary N) is 1. The highest BCUT2D eigenvalue weighted by Crippen LogP contribution is 2.33. The predicted molar refractivity (Wildman–Crippen MR) is 73.8 cm³/mol. The Balaban J connectivity index is 2.08. The third-order valence-electron chi connectivity index (χ3n) is 2.23. The Bertz CT molecular complexity index is 511. The largest absolute Gasteiger partial charge is 0.496 e. The van der Waals surface area contributed by atoms with Crippen molar-refractivity contribution in [3.8, 4) is 5.75 Å². The van der Waals surface area contributed by atoms with Crippen LogP contribution in [0.4, 0.5) is 5.69 Å². The highest BCUT2D eigenvalue weighted by atomic mass is 32.2. The monoisotopic (exact) mass is 266 g/mol. The van der Waals surface area contributed by atoms with Crippen molar-refractivity contribution in [2.75, 3.05) is 12.8 Å². The molecule has 0 aliphatic rings. The van der Waals surface area contributed by atoms with Crippen LogP contribution in [0.3, 0.4) is 0 Å². The molecule has 5 heteroatoms. The molecule has 0 saturated carbocycles. The maximum Gasteiger partial charge on any atom is 0.134 e. The Labute approximate surface area is 109 Å². The second-order valence-corrected chi connectivity index (χ2v) is 5.88. The minimum atomic E-state index is 0.722. The lowest BCUT2D eigenvalue weighted by Crippen LogP contribution is -1.90. The molecule has 1 aromatic carbocycles. The summed E-state index contributed by atoms with van der Waals surface area (Å²) in [5.74, 6) is 1.74. The Morgan fingerprint density at radius 1 is 1.47 bits per heavy atom. The van der Waals surface area contributed by atoms with Crippen LogP contribution in [-0.4, -0.2) is 12.1 Å². The molecule has 2 N–H and O–H groups in total. The molecule has 0 bridgehead atoms. The molecule has 90 valence electrons. The molecule has 17 heavy (non-hydrogen) atoms. The number of nitrogens with zero attached hydrogens (tertiary/aromatic N) is 1. The van der Waals surface area contributed by atoms with Gasteiger partial charge in [0.25, 0.3) is 0 Å². The smallest absolute Gasteiger partial charge is 0.134 e. The summed E-state index contributed by atoms with van der Waals surface area (Å²) in [4.78, 5) is 6.61. The van der Waals surface area contributed by atoms with Crippen molar-refractivity contribution < 1.29 is 4.74 Å². The van der Waals surface area contributed by atoms with E-state index in [1.54, 1.807) is 30.2 Å². The molecule has 2 rings (SSSR count). The fourth-order valence-electron chi connectivity index (χ4n) is 1.42. The number of methoxy groups -OCH3 is 1. The first-order valence-electron chi connectivity index (χ1n) is 5.16. The molecule has 0 unspecified atom stereocenters. The number of rotatable bonds is 4. The van der Waals surface area contributed by atoms with Crippen molar-refractivity contribution >= 4 is 28.8 Å². The van der Waals surface area contributed by atoms with E-state index < -0.39 is 0 Å². The van der Waals surface area contributed by atoms with Gasteiger partial charge in [0, 0.05) is 33.5 Å². The van der Waals surface area contributed by atoms with Crippen LogP contribution in [0.5, 0.6) is 5.75 Å². The van der Waals surface area contributed by atoms with Crippen LogP contribution >= 0.6 is 23.1 Å². The zero-order valence-electron chi connectivity index (χ0n) is 9.77. The normalized spacial score (nSPS) is 10.5. The third kappa shape index (κ3) is 3.14. The van der Waals surface area contributed by atoms with Crippen molar-refractivity contribution in [1.82, 2.24) is 4.98 Å². The highest BCUT2D eigenvalue weighted by Gasteiger charge is 2.05. The van der Waals surface area contributed by atoms with E-state index in [1.165, 1.54) is 4.88 Å². The van der Waals surface area contributed by atoms with Gasteiger partial charge in [0.2, 0.25) is 0 Å². The lowest BCUT2D eigenvalue weighted by Gasteiger charge is -2.07. The molecule has 0 radical (unpaired) electrons. The Kier molecular flexibility index (Phi) is 3.91.